The van der Waals surface area contributed by atoms with Crippen molar-refractivity contribution in [3.63, 3.8) is 0 Å². The Labute approximate surface area is 89.6 Å². The van der Waals surface area contributed by atoms with Gasteiger partial charge in [-0.3, -0.25) is 0 Å². The molecule has 0 radical (unpaired) electrons. The van der Waals surface area contributed by atoms with Crippen LogP contribution in [0.4, 0.5) is 0 Å². The van der Waals surface area contributed by atoms with Crippen molar-refractivity contribution >= 4 is 0 Å². The minimum absolute atomic E-state index is 0.180. The average molecular weight is 211 g/mol. The molecule has 0 amide bonds. The summed E-state index contributed by atoms with van der Waals surface area (Å²) in [7, 11) is 3.13. The number of nitrogens with two attached hydrogens (primary N) is 1. The molecule has 0 aliphatic rings. The highest BCUT2D eigenvalue weighted by Crippen LogP contribution is 2.35. The van der Waals surface area contributed by atoms with E-state index in [0.717, 1.165) is 18.4 Å². The molecule has 4 nitrogen and oxygen atoms in total. The van der Waals surface area contributed by atoms with Gasteiger partial charge in [-0.05, 0) is 25.5 Å². The summed E-state index contributed by atoms with van der Waals surface area (Å²) in [5, 5.41) is 9.48. The molecule has 0 aliphatic carbocycles. The highest BCUT2D eigenvalue weighted by molar-refractivity contribution is 5.51. The molecule has 15 heavy (non-hydrogen) atoms. The normalized spacial score (nSPS) is 10.1. The quantitative estimate of drug-likeness (QED) is 0.770. The minimum Gasteiger partial charge on any atom is -0.508 e. The van der Waals surface area contributed by atoms with Gasteiger partial charge in [-0.2, -0.15) is 0 Å². The van der Waals surface area contributed by atoms with Crippen LogP contribution in [0.1, 0.15) is 12.0 Å². The van der Waals surface area contributed by atoms with Crippen LogP contribution in [0.25, 0.3) is 0 Å². The molecule has 84 valence electrons. The van der Waals surface area contributed by atoms with E-state index in [1.807, 2.05) is 0 Å². The Kier molecular flexibility index (Phi) is 4.24. The van der Waals surface area contributed by atoms with E-state index in [9.17, 15) is 5.11 Å². The lowest BCUT2D eigenvalue weighted by atomic mass is 10.1. The van der Waals surface area contributed by atoms with Crippen LogP contribution in [0.3, 0.4) is 0 Å². The lowest BCUT2D eigenvalue weighted by Crippen LogP contribution is -2.02. The lowest BCUT2D eigenvalue weighted by molar-refractivity contribution is 0.347. The first-order valence-electron chi connectivity index (χ1n) is 4.86. The first-order valence-corrected chi connectivity index (χ1v) is 4.86. The summed E-state index contributed by atoms with van der Waals surface area (Å²) in [6, 6.07) is 3.21. The Morgan fingerprint density at radius 1 is 1.27 bits per heavy atom. The largest absolute Gasteiger partial charge is 0.508 e. The van der Waals surface area contributed by atoms with E-state index in [0.29, 0.717) is 18.0 Å². The third-order valence-corrected chi connectivity index (χ3v) is 2.19. The van der Waals surface area contributed by atoms with Crippen LogP contribution in [0, 0.1) is 0 Å². The number of methoxy groups -OCH3 is 2. The Balaban J connectivity index is 3.05. The number of aryl methyl sites for hydroxylation is 1. The molecule has 1 rings (SSSR count). The molecule has 0 aromatic heterocycles. The van der Waals surface area contributed by atoms with E-state index in [1.165, 1.54) is 6.07 Å². The summed E-state index contributed by atoms with van der Waals surface area (Å²) in [6.07, 6.45) is 1.62. The van der Waals surface area contributed by atoms with Gasteiger partial charge in [0.2, 0.25) is 0 Å². The van der Waals surface area contributed by atoms with Gasteiger partial charge in [0.1, 0.15) is 5.75 Å². The second-order valence-electron chi connectivity index (χ2n) is 3.23. The van der Waals surface area contributed by atoms with Crippen molar-refractivity contribution in [3.8, 4) is 17.2 Å². The van der Waals surface area contributed by atoms with Crippen molar-refractivity contribution in [2.45, 2.75) is 12.8 Å². The zero-order valence-electron chi connectivity index (χ0n) is 9.12. The van der Waals surface area contributed by atoms with Crippen molar-refractivity contribution in [3.05, 3.63) is 17.7 Å². The van der Waals surface area contributed by atoms with Crippen LogP contribution in [-0.2, 0) is 6.42 Å². The second kappa shape index (κ2) is 5.46. The lowest BCUT2D eigenvalue weighted by Gasteiger charge is -2.13. The number of phenolic OH excluding ortho intramolecular Hbond substituents is 1. The number of benzene rings is 1. The summed E-state index contributed by atoms with van der Waals surface area (Å²) < 4.78 is 10.4. The van der Waals surface area contributed by atoms with Gasteiger partial charge in [0, 0.05) is 11.6 Å². The molecule has 0 saturated carbocycles. The topological polar surface area (TPSA) is 64.7 Å². The van der Waals surface area contributed by atoms with Crippen LogP contribution < -0.4 is 15.2 Å². The van der Waals surface area contributed by atoms with Gasteiger partial charge in [-0.25, -0.2) is 0 Å². The molecular weight excluding hydrogens is 194 g/mol. The molecule has 0 saturated heterocycles. The molecule has 0 fully saturated rings. The molecule has 3 N–H and O–H groups in total. The van der Waals surface area contributed by atoms with Crippen molar-refractivity contribution < 1.29 is 14.6 Å². The third-order valence-electron chi connectivity index (χ3n) is 2.19. The summed E-state index contributed by atoms with van der Waals surface area (Å²) in [6.45, 7) is 0.612. The number of phenols is 1. The molecule has 1 aromatic rings. The first kappa shape index (κ1) is 11.7. The van der Waals surface area contributed by atoms with Crippen molar-refractivity contribution in [1.82, 2.24) is 0 Å². The zero-order chi connectivity index (χ0) is 11.3. The summed E-state index contributed by atoms with van der Waals surface area (Å²) >= 11 is 0. The summed E-state index contributed by atoms with van der Waals surface area (Å²) in [4.78, 5) is 0. The van der Waals surface area contributed by atoms with Crippen molar-refractivity contribution in [1.29, 1.82) is 0 Å². The second-order valence-corrected chi connectivity index (χ2v) is 3.23. The number of aromatic hydroxyl groups is 1. The van der Waals surface area contributed by atoms with Crippen LogP contribution in [0.15, 0.2) is 12.1 Å². The molecule has 4 heteroatoms. The van der Waals surface area contributed by atoms with Crippen molar-refractivity contribution in [2.75, 3.05) is 20.8 Å². The molecule has 0 atom stereocenters. The number of rotatable bonds is 5. The Morgan fingerprint density at radius 3 is 2.53 bits per heavy atom. The number of hydrogen-bond donors (Lipinski definition) is 2. The van der Waals surface area contributed by atoms with E-state index in [1.54, 1.807) is 20.3 Å². The smallest absolute Gasteiger partial charge is 0.164 e. The molecule has 0 heterocycles. The van der Waals surface area contributed by atoms with Gasteiger partial charge in [0.25, 0.3) is 0 Å². The summed E-state index contributed by atoms with van der Waals surface area (Å²) in [5.41, 5.74) is 6.36. The van der Waals surface area contributed by atoms with E-state index < -0.39 is 0 Å². The van der Waals surface area contributed by atoms with Gasteiger partial charge < -0.3 is 20.3 Å². The minimum atomic E-state index is 0.180. The standard InChI is InChI=1S/C11H17NO3/c1-14-10-7-9(13)6-8(4-3-5-12)11(10)15-2/h6-7,13H,3-5,12H2,1-2H3. The fraction of sp³-hybridized carbons (Fsp3) is 0.455. The van der Waals surface area contributed by atoms with Gasteiger partial charge in [-0.1, -0.05) is 0 Å². The number of hydrogen-bond acceptors (Lipinski definition) is 4. The van der Waals surface area contributed by atoms with Gasteiger partial charge in [-0.15, -0.1) is 0 Å². The Hall–Kier alpha value is -1.42. The van der Waals surface area contributed by atoms with Gasteiger partial charge >= 0.3 is 0 Å². The maximum absolute atomic E-state index is 9.48. The highest BCUT2D eigenvalue weighted by atomic mass is 16.5. The molecule has 0 unspecified atom stereocenters. The van der Waals surface area contributed by atoms with E-state index in [-0.39, 0.29) is 5.75 Å². The van der Waals surface area contributed by atoms with E-state index in [4.69, 9.17) is 15.2 Å². The molecule has 0 aliphatic heterocycles. The fourth-order valence-electron chi connectivity index (χ4n) is 1.51. The van der Waals surface area contributed by atoms with Crippen LogP contribution >= 0.6 is 0 Å². The van der Waals surface area contributed by atoms with E-state index >= 15 is 0 Å². The highest BCUT2D eigenvalue weighted by Gasteiger charge is 2.11. The van der Waals surface area contributed by atoms with Crippen molar-refractivity contribution in [2.24, 2.45) is 5.73 Å². The summed E-state index contributed by atoms with van der Waals surface area (Å²) in [5.74, 6) is 1.40. The average Bonchev–Trinajstić information content (AvgIpc) is 2.25. The SMILES string of the molecule is COc1cc(O)cc(CCCN)c1OC. The Bertz CT molecular complexity index is 326. The number of ether oxygens (including phenoxy) is 2. The predicted molar refractivity (Wildman–Crippen MR) is 58.6 cm³/mol. The zero-order valence-corrected chi connectivity index (χ0v) is 9.12. The maximum atomic E-state index is 9.48. The predicted octanol–water partition coefficient (Wildman–Crippen LogP) is 1.30. The maximum Gasteiger partial charge on any atom is 0.164 e. The van der Waals surface area contributed by atoms with Gasteiger partial charge in [0.05, 0.1) is 14.2 Å². The molecule has 0 bridgehead atoms. The fourth-order valence-corrected chi connectivity index (χ4v) is 1.51. The Morgan fingerprint density at radius 2 is 2.00 bits per heavy atom. The van der Waals surface area contributed by atoms with Crippen LogP contribution in [-0.4, -0.2) is 25.9 Å². The molecule has 0 spiro atoms. The van der Waals surface area contributed by atoms with Gasteiger partial charge in [0.15, 0.2) is 11.5 Å². The third kappa shape index (κ3) is 2.76. The molecule has 1 aromatic carbocycles. The first-order chi connectivity index (χ1) is 7.22. The molecular formula is C11H17NO3. The monoisotopic (exact) mass is 211 g/mol. The van der Waals surface area contributed by atoms with E-state index in [2.05, 4.69) is 0 Å². The van der Waals surface area contributed by atoms with Crippen LogP contribution in [0.5, 0.6) is 17.2 Å². The van der Waals surface area contributed by atoms with Crippen LogP contribution in [0.2, 0.25) is 0 Å².